The second kappa shape index (κ2) is 25.4. The molecule has 0 aromatic heterocycles. The van der Waals surface area contributed by atoms with Crippen molar-refractivity contribution in [3.05, 3.63) is 29.8 Å². The number of rotatable bonds is 30. The molecule has 0 atom stereocenters. The smallest absolute Gasteiger partial charge is 0.295 e. The van der Waals surface area contributed by atoms with Gasteiger partial charge < -0.3 is 4.48 Å². The SMILES string of the molecule is CCCCCCCCCC[N+](CCCCCCCCCC)(CCCCCCCCCC)Cc1ccccc1S(=O)(=O)O. The van der Waals surface area contributed by atoms with Crippen molar-refractivity contribution in [2.45, 2.75) is 186 Å². The molecule has 0 aliphatic heterocycles. The predicted octanol–water partition coefficient (Wildman–Crippen LogP) is 11.7. The molecule has 1 N–H and O–H groups in total. The minimum atomic E-state index is -4.24. The van der Waals surface area contributed by atoms with Gasteiger partial charge in [-0.1, -0.05) is 155 Å². The van der Waals surface area contributed by atoms with Crippen LogP contribution < -0.4 is 0 Å². The van der Waals surface area contributed by atoms with Crippen LogP contribution in [0.25, 0.3) is 0 Å². The van der Waals surface area contributed by atoms with E-state index < -0.39 is 10.1 Å². The maximum Gasteiger partial charge on any atom is 0.295 e. The minimum Gasteiger partial charge on any atom is -0.320 e. The molecule has 5 heteroatoms. The van der Waals surface area contributed by atoms with E-state index in [1.54, 1.807) is 12.1 Å². The Labute approximate surface area is 262 Å². The van der Waals surface area contributed by atoms with E-state index in [1.165, 1.54) is 154 Å². The van der Waals surface area contributed by atoms with Gasteiger partial charge in [0.2, 0.25) is 0 Å². The number of hydrogen-bond donors (Lipinski definition) is 1. The van der Waals surface area contributed by atoms with E-state index in [2.05, 4.69) is 20.8 Å². The summed E-state index contributed by atoms with van der Waals surface area (Å²) in [4.78, 5) is 0.107. The Morgan fingerprint density at radius 3 is 1.14 bits per heavy atom. The van der Waals surface area contributed by atoms with Crippen LogP contribution in [0.5, 0.6) is 0 Å². The Morgan fingerprint density at radius 2 is 0.810 bits per heavy atom. The topological polar surface area (TPSA) is 54.4 Å². The first-order valence-electron chi connectivity index (χ1n) is 18.3. The lowest BCUT2D eigenvalue weighted by molar-refractivity contribution is -0.941. The van der Waals surface area contributed by atoms with E-state index in [1.807, 2.05) is 12.1 Å². The van der Waals surface area contributed by atoms with Gasteiger partial charge in [0.25, 0.3) is 10.1 Å². The molecule has 0 unspecified atom stereocenters. The van der Waals surface area contributed by atoms with Gasteiger partial charge in [-0.2, -0.15) is 8.42 Å². The van der Waals surface area contributed by atoms with Gasteiger partial charge in [0.15, 0.2) is 0 Å². The van der Waals surface area contributed by atoms with Gasteiger partial charge in [-0.25, -0.2) is 0 Å². The highest BCUT2D eigenvalue weighted by molar-refractivity contribution is 7.85. The largest absolute Gasteiger partial charge is 0.320 e. The van der Waals surface area contributed by atoms with Crippen LogP contribution in [-0.4, -0.2) is 37.1 Å². The van der Waals surface area contributed by atoms with Crippen molar-refractivity contribution >= 4 is 10.1 Å². The third-order valence-corrected chi connectivity index (χ3v) is 10.2. The van der Waals surface area contributed by atoms with Crippen molar-refractivity contribution in [3.63, 3.8) is 0 Å². The van der Waals surface area contributed by atoms with E-state index in [9.17, 15) is 13.0 Å². The molecule has 0 amide bonds. The summed E-state index contributed by atoms with van der Waals surface area (Å²) in [5.74, 6) is 0. The lowest BCUT2D eigenvalue weighted by Gasteiger charge is -2.40. The van der Waals surface area contributed by atoms with Crippen LogP contribution in [0.1, 0.15) is 180 Å². The average Bonchev–Trinajstić information content (AvgIpc) is 2.97. The Kier molecular flexibility index (Phi) is 23.7. The molecule has 246 valence electrons. The first kappa shape index (κ1) is 39.1. The standard InChI is InChI=1S/C37H69NO3S/c1-4-7-10-13-16-19-22-27-32-38(33-28-23-20-17-14-11-8-5-2,34-29-24-21-18-15-12-9-6-3)35-36-30-25-26-31-37(36)42(39,40)41/h25-26,30-31H,4-24,27-29,32-35H2,1-3H3/p+1. The second-order valence-electron chi connectivity index (χ2n) is 13.2. The highest BCUT2D eigenvalue weighted by Gasteiger charge is 2.29. The van der Waals surface area contributed by atoms with E-state index in [4.69, 9.17) is 0 Å². The zero-order valence-electron chi connectivity index (χ0n) is 28.2. The molecule has 1 aromatic carbocycles. The Morgan fingerprint density at radius 1 is 0.500 bits per heavy atom. The van der Waals surface area contributed by atoms with Gasteiger partial charge in [0, 0.05) is 5.56 Å². The summed E-state index contributed by atoms with van der Waals surface area (Å²) in [5, 5.41) is 0. The van der Waals surface area contributed by atoms with Crippen LogP contribution in [-0.2, 0) is 16.7 Å². The number of unbranched alkanes of at least 4 members (excludes halogenated alkanes) is 21. The molecule has 0 saturated heterocycles. The molecule has 0 fully saturated rings. The van der Waals surface area contributed by atoms with Gasteiger partial charge in [0.05, 0.1) is 19.6 Å². The van der Waals surface area contributed by atoms with Crippen molar-refractivity contribution in [2.24, 2.45) is 0 Å². The van der Waals surface area contributed by atoms with Crippen molar-refractivity contribution in [1.29, 1.82) is 0 Å². The summed E-state index contributed by atoms with van der Waals surface area (Å²) in [7, 11) is -4.24. The summed E-state index contributed by atoms with van der Waals surface area (Å²) in [6.45, 7) is 10.9. The van der Waals surface area contributed by atoms with E-state index in [0.717, 1.165) is 29.7 Å². The van der Waals surface area contributed by atoms with Gasteiger partial charge in [0.1, 0.15) is 11.4 Å². The van der Waals surface area contributed by atoms with Crippen LogP contribution in [0.3, 0.4) is 0 Å². The molecule has 0 aliphatic carbocycles. The molecule has 4 nitrogen and oxygen atoms in total. The predicted molar refractivity (Wildman–Crippen MR) is 183 cm³/mol. The maximum atomic E-state index is 12.3. The van der Waals surface area contributed by atoms with Gasteiger partial charge in [-0.05, 0) is 44.6 Å². The zero-order valence-corrected chi connectivity index (χ0v) is 29.0. The van der Waals surface area contributed by atoms with E-state index in [-0.39, 0.29) is 4.90 Å². The van der Waals surface area contributed by atoms with Crippen LogP contribution in [0.2, 0.25) is 0 Å². The van der Waals surface area contributed by atoms with Crippen LogP contribution in [0.4, 0.5) is 0 Å². The first-order chi connectivity index (χ1) is 20.4. The molecular formula is C37H70NO3S+. The van der Waals surface area contributed by atoms with Crippen molar-refractivity contribution in [1.82, 2.24) is 0 Å². The molecule has 0 heterocycles. The van der Waals surface area contributed by atoms with Crippen LogP contribution in [0, 0.1) is 0 Å². The lowest BCUT2D eigenvalue weighted by Crippen LogP contribution is -2.49. The highest BCUT2D eigenvalue weighted by atomic mass is 32.2. The Bertz CT molecular complexity index is 804. The molecule has 0 saturated carbocycles. The average molecular weight is 609 g/mol. The van der Waals surface area contributed by atoms with Crippen molar-refractivity contribution < 1.29 is 17.5 Å². The third kappa shape index (κ3) is 19.4. The summed E-state index contributed by atoms with van der Waals surface area (Å²) in [6, 6.07) is 7.19. The Hall–Kier alpha value is -0.910. The maximum absolute atomic E-state index is 12.3. The van der Waals surface area contributed by atoms with Crippen LogP contribution >= 0.6 is 0 Å². The Balaban J connectivity index is 2.93. The van der Waals surface area contributed by atoms with Crippen molar-refractivity contribution in [3.8, 4) is 0 Å². The fourth-order valence-electron chi connectivity index (χ4n) is 6.56. The van der Waals surface area contributed by atoms with Gasteiger partial charge in [-0.3, -0.25) is 4.55 Å². The second-order valence-corrected chi connectivity index (χ2v) is 14.6. The molecule has 1 rings (SSSR count). The number of quaternary nitrogens is 1. The fourth-order valence-corrected chi connectivity index (χ4v) is 7.28. The summed E-state index contributed by atoms with van der Waals surface area (Å²) in [6.07, 6.45) is 31.4. The lowest BCUT2D eigenvalue weighted by atomic mass is 10.0. The summed E-state index contributed by atoms with van der Waals surface area (Å²) in [5.41, 5.74) is 0.790. The summed E-state index contributed by atoms with van der Waals surface area (Å²) >= 11 is 0. The number of hydrogen-bond acceptors (Lipinski definition) is 2. The number of benzene rings is 1. The molecule has 0 bridgehead atoms. The molecular weight excluding hydrogens is 538 g/mol. The van der Waals surface area contributed by atoms with Crippen molar-refractivity contribution in [2.75, 3.05) is 19.6 Å². The summed E-state index contributed by atoms with van der Waals surface area (Å²) < 4.78 is 35.6. The van der Waals surface area contributed by atoms with Crippen LogP contribution in [0.15, 0.2) is 29.2 Å². The quantitative estimate of drug-likeness (QED) is 0.0537. The molecule has 0 radical (unpaired) electrons. The normalized spacial score (nSPS) is 12.3. The van der Waals surface area contributed by atoms with E-state index in [0.29, 0.717) is 6.54 Å². The molecule has 42 heavy (non-hydrogen) atoms. The van der Waals surface area contributed by atoms with Gasteiger partial charge in [-0.15, -0.1) is 0 Å². The highest BCUT2D eigenvalue weighted by Crippen LogP contribution is 2.26. The minimum absolute atomic E-state index is 0.107. The fraction of sp³-hybridized carbons (Fsp3) is 0.838. The monoisotopic (exact) mass is 609 g/mol. The van der Waals surface area contributed by atoms with Gasteiger partial charge >= 0.3 is 0 Å². The molecule has 0 aliphatic rings. The molecule has 1 aromatic rings. The molecule has 0 spiro atoms. The third-order valence-electron chi connectivity index (χ3n) is 9.21. The number of nitrogens with zero attached hydrogens (tertiary/aromatic N) is 1. The first-order valence-corrected chi connectivity index (χ1v) is 19.7. The van der Waals surface area contributed by atoms with E-state index >= 15 is 0 Å². The zero-order chi connectivity index (χ0) is 30.8.